The monoisotopic (exact) mass is 367 g/mol. The van der Waals surface area contributed by atoms with Gasteiger partial charge in [0.15, 0.2) is 11.3 Å². The van der Waals surface area contributed by atoms with Crippen molar-refractivity contribution in [2.24, 2.45) is 17.3 Å². The topological polar surface area (TPSA) is 66.6 Å². The lowest BCUT2D eigenvalue weighted by molar-refractivity contribution is -0.166. The van der Waals surface area contributed by atoms with Crippen LogP contribution >= 0.6 is 0 Å². The number of esters is 1. The first-order valence-electron chi connectivity index (χ1n) is 9.76. The average molecular weight is 367 g/mol. The highest BCUT2D eigenvalue weighted by Gasteiger charge is 2.77. The van der Waals surface area contributed by atoms with E-state index in [2.05, 4.69) is 11.0 Å². The van der Waals surface area contributed by atoms with Gasteiger partial charge in [-0.2, -0.15) is 0 Å². The number of nitrogens with zero attached hydrogens (tertiary/aromatic N) is 1. The van der Waals surface area contributed by atoms with Crippen LogP contribution in [0.5, 0.6) is 0 Å². The minimum absolute atomic E-state index is 0.0716. The summed E-state index contributed by atoms with van der Waals surface area (Å²) in [7, 11) is 0. The minimum atomic E-state index is -1.27. The van der Waals surface area contributed by atoms with Crippen molar-refractivity contribution in [3.8, 4) is 0 Å². The molecule has 2 aliphatic carbocycles. The first kappa shape index (κ1) is 17.0. The van der Waals surface area contributed by atoms with Crippen molar-refractivity contribution in [3.05, 3.63) is 42.0 Å². The molecule has 5 heteroatoms. The Hall–Kier alpha value is -2.14. The molecule has 1 saturated carbocycles. The molecule has 1 N–H and O–H groups in total. The fourth-order valence-corrected chi connectivity index (χ4v) is 5.87. The molecule has 0 aromatic heterocycles. The number of aryl methyl sites for hydroxylation is 1. The van der Waals surface area contributed by atoms with Crippen LogP contribution in [0.15, 0.2) is 36.4 Å². The second kappa shape index (κ2) is 5.02. The largest absolute Gasteiger partial charge is 0.459 e. The Morgan fingerprint density at radius 2 is 2.04 bits per heavy atom. The van der Waals surface area contributed by atoms with Crippen molar-refractivity contribution in [1.29, 1.82) is 0 Å². The van der Waals surface area contributed by atoms with Crippen molar-refractivity contribution in [1.82, 2.24) is 0 Å². The second-order valence-electron chi connectivity index (χ2n) is 8.99. The van der Waals surface area contributed by atoms with Crippen molar-refractivity contribution < 1.29 is 19.4 Å². The van der Waals surface area contributed by atoms with Gasteiger partial charge < -0.3 is 14.7 Å². The lowest BCUT2D eigenvalue weighted by Gasteiger charge is -2.43. The zero-order valence-electron chi connectivity index (χ0n) is 15.9. The summed E-state index contributed by atoms with van der Waals surface area (Å²) < 4.78 is 5.90. The summed E-state index contributed by atoms with van der Waals surface area (Å²) >= 11 is 0. The number of allylic oxidation sites excluding steroid dienone is 1. The molecule has 1 aromatic rings. The lowest BCUT2D eigenvalue weighted by Crippen LogP contribution is -2.57. The van der Waals surface area contributed by atoms with Gasteiger partial charge in [-0.25, -0.2) is 4.79 Å². The normalized spacial score (nSPS) is 44.9. The zero-order valence-corrected chi connectivity index (χ0v) is 15.9. The fourth-order valence-electron chi connectivity index (χ4n) is 5.87. The minimum Gasteiger partial charge on any atom is -0.459 e. The first-order chi connectivity index (χ1) is 12.7. The van der Waals surface area contributed by atoms with Crippen molar-refractivity contribution in [3.63, 3.8) is 0 Å². The maximum absolute atomic E-state index is 13.1. The molecule has 6 atom stereocenters. The summed E-state index contributed by atoms with van der Waals surface area (Å²) in [5, 5.41) is 11.4. The summed E-state index contributed by atoms with van der Waals surface area (Å²) in [6.45, 7) is 6.41. The van der Waals surface area contributed by atoms with Crippen LogP contribution in [-0.4, -0.2) is 40.6 Å². The number of ether oxygens (including phenoxy) is 1. The number of carbonyl (C=O) groups is 2. The molecule has 5 nitrogen and oxygen atoms in total. The van der Waals surface area contributed by atoms with Gasteiger partial charge in [0, 0.05) is 11.6 Å². The molecule has 0 unspecified atom stereocenters. The Morgan fingerprint density at radius 1 is 1.26 bits per heavy atom. The second-order valence-corrected chi connectivity index (χ2v) is 8.99. The zero-order chi connectivity index (χ0) is 19.2. The Morgan fingerprint density at radius 3 is 2.78 bits per heavy atom. The van der Waals surface area contributed by atoms with Crippen LogP contribution in [0.3, 0.4) is 0 Å². The maximum Gasteiger partial charge on any atom is 0.334 e. The molecule has 2 saturated heterocycles. The Kier molecular flexibility index (Phi) is 3.16. The number of fused-ring (bicyclic) bond motifs is 4. The molecule has 142 valence electrons. The highest BCUT2D eigenvalue weighted by atomic mass is 16.6. The molecule has 2 heterocycles. The molecule has 0 bridgehead atoms. The average Bonchev–Trinajstić information content (AvgIpc) is 3.28. The molecule has 1 aromatic carbocycles. The van der Waals surface area contributed by atoms with E-state index in [9.17, 15) is 14.7 Å². The van der Waals surface area contributed by atoms with E-state index in [0.29, 0.717) is 6.54 Å². The first-order valence-corrected chi connectivity index (χ1v) is 9.76. The standard InChI is InChI=1S/C22H25NO4/c1-13-5-4-6-15(11-13)23-12-21(23)16-8-7-14(2)22(26)10-9-17(24)20(22,3)18(16)27-19(21)25/h4-6,9-11,14,16,18,26H,7-8,12H2,1-3H3/t14-,16+,18+,20-,21-,22+,23?/m0/s1. The fraction of sp³-hybridized carbons (Fsp3) is 0.545. The van der Waals surface area contributed by atoms with Gasteiger partial charge in [0.05, 0.1) is 12.0 Å². The quantitative estimate of drug-likeness (QED) is 0.610. The van der Waals surface area contributed by atoms with E-state index >= 15 is 0 Å². The third-order valence-corrected chi connectivity index (χ3v) is 7.72. The third kappa shape index (κ3) is 1.83. The van der Waals surface area contributed by atoms with E-state index in [1.807, 2.05) is 32.0 Å². The molecule has 4 aliphatic rings. The SMILES string of the molecule is Cc1cccc(N2C[C@]23C(=O)O[C@@H]2[C@H]3CC[C@H](C)[C@]3(O)C=CC(=O)[C@@]23C)c1. The highest BCUT2D eigenvalue weighted by Crippen LogP contribution is 2.62. The van der Waals surface area contributed by atoms with E-state index in [-0.39, 0.29) is 23.6 Å². The molecular weight excluding hydrogens is 342 g/mol. The van der Waals surface area contributed by atoms with Crippen molar-refractivity contribution in [2.75, 3.05) is 11.4 Å². The predicted octanol–water partition coefficient (Wildman–Crippen LogP) is 2.40. The van der Waals surface area contributed by atoms with Crippen molar-refractivity contribution >= 4 is 17.4 Å². The third-order valence-electron chi connectivity index (χ3n) is 7.72. The van der Waals surface area contributed by atoms with E-state index in [1.54, 1.807) is 13.0 Å². The maximum atomic E-state index is 13.1. The summed E-state index contributed by atoms with van der Waals surface area (Å²) in [6.07, 6.45) is 4.02. The van der Waals surface area contributed by atoms with E-state index in [1.165, 1.54) is 6.08 Å². The summed E-state index contributed by atoms with van der Waals surface area (Å²) in [4.78, 5) is 28.0. The number of hydrogen-bond donors (Lipinski definition) is 1. The van der Waals surface area contributed by atoms with Gasteiger partial charge in [0.1, 0.15) is 11.7 Å². The van der Waals surface area contributed by atoms with Gasteiger partial charge in [-0.3, -0.25) is 4.79 Å². The number of carbonyl (C=O) groups excluding carboxylic acids is 2. The molecular formula is C22H25NO4. The molecule has 27 heavy (non-hydrogen) atoms. The van der Waals surface area contributed by atoms with Gasteiger partial charge in [0.25, 0.3) is 0 Å². The van der Waals surface area contributed by atoms with Crippen LogP contribution < -0.4 is 4.90 Å². The summed E-state index contributed by atoms with van der Waals surface area (Å²) in [6, 6.07) is 8.12. The smallest absolute Gasteiger partial charge is 0.334 e. The van der Waals surface area contributed by atoms with Crippen LogP contribution in [0.4, 0.5) is 5.69 Å². The highest BCUT2D eigenvalue weighted by molar-refractivity contribution is 6.02. The molecule has 0 radical (unpaired) electrons. The van der Waals surface area contributed by atoms with Gasteiger partial charge in [-0.05, 0) is 62.5 Å². The van der Waals surface area contributed by atoms with Crippen molar-refractivity contribution in [2.45, 2.75) is 50.9 Å². The number of hydrogen-bond acceptors (Lipinski definition) is 5. The van der Waals surface area contributed by atoms with E-state index in [4.69, 9.17) is 4.74 Å². The van der Waals surface area contributed by atoms with Crippen LogP contribution in [-0.2, 0) is 14.3 Å². The lowest BCUT2D eigenvalue weighted by atomic mass is 9.64. The molecule has 5 rings (SSSR count). The Bertz CT molecular complexity index is 894. The van der Waals surface area contributed by atoms with Crippen LogP contribution in [0, 0.1) is 24.2 Å². The Labute approximate surface area is 159 Å². The van der Waals surface area contributed by atoms with Crippen LogP contribution in [0.2, 0.25) is 0 Å². The molecule has 2 aliphatic heterocycles. The summed E-state index contributed by atoms with van der Waals surface area (Å²) in [5.74, 6) is -0.563. The summed E-state index contributed by atoms with van der Waals surface area (Å²) in [5.41, 5.74) is -0.925. The Balaban J connectivity index is 1.58. The molecule has 1 spiro atoms. The number of benzene rings is 1. The van der Waals surface area contributed by atoms with Gasteiger partial charge >= 0.3 is 5.97 Å². The number of anilines is 1. The number of aliphatic hydroxyl groups is 1. The molecule has 0 amide bonds. The van der Waals surface area contributed by atoms with Gasteiger partial charge in [0.2, 0.25) is 0 Å². The van der Waals surface area contributed by atoms with Gasteiger partial charge in [-0.15, -0.1) is 0 Å². The predicted molar refractivity (Wildman–Crippen MR) is 100 cm³/mol. The van der Waals surface area contributed by atoms with Gasteiger partial charge in [-0.1, -0.05) is 19.1 Å². The number of ketones is 1. The van der Waals surface area contributed by atoms with E-state index < -0.39 is 22.7 Å². The van der Waals surface area contributed by atoms with Crippen LogP contribution in [0.25, 0.3) is 0 Å². The van der Waals surface area contributed by atoms with E-state index in [0.717, 1.165) is 24.1 Å². The molecule has 3 fully saturated rings. The van der Waals surface area contributed by atoms with Crippen LogP contribution in [0.1, 0.15) is 32.3 Å². The number of rotatable bonds is 1.